The topological polar surface area (TPSA) is 78.4 Å². The molecule has 7 heteroatoms. The maximum Gasteiger partial charge on any atom is 0.229 e. The molecule has 0 aliphatic heterocycles. The monoisotopic (exact) mass is 568 g/mol. The molecule has 3 N–H and O–H groups in total. The molecule has 1 amide bonds. The quantitative estimate of drug-likeness (QED) is 0.166. The van der Waals surface area contributed by atoms with Crippen molar-refractivity contribution in [3.8, 4) is 5.75 Å². The van der Waals surface area contributed by atoms with Gasteiger partial charge in [0.2, 0.25) is 5.91 Å². The molecule has 39 heavy (non-hydrogen) atoms. The van der Waals surface area contributed by atoms with Crippen LogP contribution in [-0.4, -0.2) is 29.9 Å². The molecule has 1 saturated carbocycles. The summed E-state index contributed by atoms with van der Waals surface area (Å²) < 4.78 is 0. The van der Waals surface area contributed by atoms with Crippen molar-refractivity contribution >= 4 is 40.6 Å². The Hall–Kier alpha value is -2.60. The molecule has 2 aliphatic carbocycles. The van der Waals surface area contributed by atoms with Gasteiger partial charge in [-0.3, -0.25) is 9.59 Å². The Balaban J connectivity index is 1.30. The first-order chi connectivity index (χ1) is 18.7. The van der Waals surface area contributed by atoms with Crippen LogP contribution in [0.3, 0.4) is 0 Å². The third-order valence-corrected chi connectivity index (χ3v) is 8.75. The predicted octanol–water partition coefficient (Wildman–Crippen LogP) is 7.52. The first-order valence-electron chi connectivity index (χ1n) is 13.8. The van der Waals surface area contributed by atoms with Crippen LogP contribution in [0.5, 0.6) is 5.75 Å². The van der Waals surface area contributed by atoms with Crippen molar-refractivity contribution in [2.45, 2.75) is 64.3 Å². The molecule has 0 bridgehead atoms. The third kappa shape index (κ3) is 8.20. The fourth-order valence-corrected chi connectivity index (χ4v) is 6.40. The summed E-state index contributed by atoms with van der Waals surface area (Å²) in [7, 11) is 1.87. The van der Waals surface area contributed by atoms with Gasteiger partial charge < -0.3 is 15.7 Å². The van der Waals surface area contributed by atoms with Crippen LogP contribution in [0, 0.1) is 17.8 Å². The van der Waals surface area contributed by atoms with Crippen LogP contribution in [0.2, 0.25) is 10.0 Å². The molecule has 0 spiro atoms. The van der Waals surface area contributed by atoms with E-state index in [1.165, 1.54) is 17.2 Å². The Kier molecular flexibility index (Phi) is 10.3. The zero-order valence-electron chi connectivity index (χ0n) is 22.7. The summed E-state index contributed by atoms with van der Waals surface area (Å²) >= 11 is 12.1. The molecule has 0 radical (unpaired) electrons. The summed E-state index contributed by atoms with van der Waals surface area (Å²) in [6, 6.07) is 12.8. The highest BCUT2D eigenvalue weighted by Gasteiger charge is 2.38. The van der Waals surface area contributed by atoms with E-state index in [1.54, 1.807) is 18.2 Å². The number of benzene rings is 2. The number of anilines is 1. The number of carbonyl (C=O) groups excluding carboxylic acids is 2. The Morgan fingerprint density at radius 3 is 2.67 bits per heavy atom. The van der Waals surface area contributed by atoms with Gasteiger partial charge in [-0.25, -0.2) is 0 Å². The Bertz CT molecular complexity index is 1260. The molecule has 4 atom stereocenters. The van der Waals surface area contributed by atoms with Crippen molar-refractivity contribution in [2.24, 2.45) is 17.8 Å². The van der Waals surface area contributed by atoms with E-state index in [9.17, 15) is 14.7 Å². The van der Waals surface area contributed by atoms with Gasteiger partial charge in [0.1, 0.15) is 5.75 Å². The second-order valence-corrected chi connectivity index (χ2v) is 11.9. The smallest absolute Gasteiger partial charge is 0.229 e. The number of allylic oxidation sites excluding steroid dienone is 4. The highest BCUT2D eigenvalue weighted by atomic mass is 35.5. The zero-order valence-corrected chi connectivity index (χ0v) is 24.2. The van der Waals surface area contributed by atoms with Crippen LogP contribution in [0.1, 0.15) is 57.4 Å². The SMILES string of the molecule is CNC1CC(C(C)=CC(=O)CC2=CCCC(Cc3cccc(Cl)c3)CC2)CC1C(=O)Nc1ccc(O)c(Cl)c1. The van der Waals surface area contributed by atoms with E-state index in [2.05, 4.69) is 28.8 Å². The van der Waals surface area contributed by atoms with Gasteiger partial charge in [-0.15, -0.1) is 0 Å². The summed E-state index contributed by atoms with van der Waals surface area (Å²) in [5, 5.41) is 16.8. The lowest BCUT2D eigenvalue weighted by Gasteiger charge is -2.18. The molecule has 2 aromatic carbocycles. The maximum absolute atomic E-state index is 13.1. The number of halogens is 2. The van der Waals surface area contributed by atoms with Crippen molar-refractivity contribution in [1.82, 2.24) is 5.32 Å². The fraction of sp³-hybridized carbons (Fsp3) is 0.438. The van der Waals surface area contributed by atoms with Crippen LogP contribution in [0.4, 0.5) is 5.69 Å². The number of phenolic OH excluding ortho intramolecular Hbond substituents is 1. The minimum atomic E-state index is -0.230. The number of carbonyl (C=O) groups is 2. The van der Waals surface area contributed by atoms with Gasteiger partial charge in [0.25, 0.3) is 0 Å². The van der Waals surface area contributed by atoms with Gasteiger partial charge in [-0.05, 0) is 113 Å². The number of aromatic hydroxyl groups is 1. The number of hydrogen-bond donors (Lipinski definition) is 3. The van der Waals surface area contributed by atoms with Crippen LogP contribution >= 0.6 is 23.2 Å². The van der Waals surface area contributed by atoms with Gasteiger partial charge in [0.05, 0.1) is 10.9 Å². The summed E-state index contributed by atoms with van der Waals surface area (Å²) in [6.07, 6.45) is 11.2. The van der Waals surface area contributed by atoms with Gasteiger partial charge in [-0.1, -0.05) is 52.6 Å². The number of hydrogen-bond acceptors (Lipinski definition) is 4. The second-order valence-electron chi connectivity index (χ2n) is 11.0. The molecule has 4 rings (SSSR count). The lowest BCUT2D eigenvalue weighted by atomic mass is 9.91. The summed E-state index contributed by atoms with van der Waals surface area (Å²) in [5.41, 5.74) is 4.11. The number of nitrogens with one attached hydrogen (secondary N) is 2. The number of amides is 1. The molecule has 5 nitrogen and oxygen atoms in total. The predicted molar refractivity (Wildman–Crippen MR) is 159 cm³/mol. The van der Waals surface area contributed by atoms with E-state index in [-0.39, 0.29) is 40.3 Å². The van der Waals surface area contributed by atoms with Crippen molar-refractivity contribution < 1.29 is 14.7 Å². The van der Waals surface area contributed by atoms with Gasteiger partial charge in [0, 0.05) is 23.2 Å². The normalized spacial score (nSPS) is 23.7. The van der Waals surface area contributed by atoms with E-state index in [0.29, 0.717) is 24.4 Å². The summed E-state index contributed by atoms with van der Waals surface area (Å²) in [6.45, 7) is 2.01. The zero-order chi connectivity index (χ0) is 27.9. The minimum absolute atomic E-state index is 0.0158. The standard InChI is InChI=1S/C32H38Cl2N2O3/c1-20(24-17-28(30(18-24)35-2)32(39)36-26-11-12-31(38)29(34)19-26)13-27(37)16-22-6-3-5-21(9-10-22)14-23-7-4-8-25(33)15-23/h4,6-8,11-13,15,19,21,24,28,30,35,38H,3,5,9-10,14,16-18H2,1-2H3,(H,36,39). The Morgan fingerprint density at radius 1 is 1.10 bits per heavy atom. The van der Waals surface area contributed by atoms with Crippen LogP contribution < -0.4 is 10.6 Å². The molecular weight excluding hydrogens is 531 g/mol. The molecule has 2 aromatic rings. The molecular formula is C32H38Cl2N2O3. The average molecular weight is 570 g/mol. The van der Waals surface area contributed by atoms with E-state index >= 15 is 0 Å². The molecule has 4 unspecified atom stereocenters. The summed E-state index contributed by atoms with van der Waals surface area (Å²) in [5.74, 6) is 0.560. The van der Waals surface area contributed by atoms with Crippen LogP contribution in [0.15, 0.2) is 65.8 Å². The highest BCUT2D eigenvalue weighted by Crippen LogP contribution is 2.37. The molecule has 0 heterocycles. The number of phenols is 1. The van der Waals surface area contributed by atoms with Gasteiger partial charge in [-0.2, -0.15) is 0 Å². The van der Waals surface area contributed by atoms with Gasteiger partial charge >= 0.3 is 0 Å². The van der Waals surface area contributed by atoms with Crippen molar-refractivity contribution in [1.29, 1.82) is 0 Å². The maximum atomic E-state index is 13.1. The fourth-order valence-electron chi connectivity index (χ4n) is 6.01. The lowest BCUT2D eigenvalue weighted by Crippen LogP contribution is -2.36. The number of rotatable bonds is 9. The summed E-state index contributed by atoms with van der Waals surface area (Å²) in [4.78, 5) is 26.1. The van der Waals surface area contributed by atoms with E-state index < -0.39 is 0 Å². The minimum Gasteiger partial charge on any atom is -0.506 e. The molecule has 2 aliphatic rings. The average Bonchev–Trinajstić information content (AvgIpc) is 3.23. The first-order valence-corrected chi connectivity index (χ1v) is 14.6. The van der Waals surface area contributed by atoms with Crippen molar-refractivity contribution in [3.05, 3.63) is 81.4 Å². The van der Waals surface area contributed by atoms with E-state index in [4.69, 9.17) is 23.2 Å². The molecule has 1 fully saturated rings. The first kappa shape index (κ1) is 29.4. The van der Waals surface area contributed by atoms with Gasteiger partial charge in [0.15, 0.2) is 5.78 Å². The molecule has 208 valence electrons. The second kappa shape index (κ2) is 13.6. The van der Waals surface area contributed by atoms with Crippen molar-refractivity contribution in [2.75, 3.05) is 12.4 Å². The third-order valence-electron chi connectivity index (χ3n) is 8.21. The van der Waals surface area contributed by atoms with Crippen molar-refractivity contribution in [3.63, 3.8) is 0 Å². The Labute approximate surface area is 241 Å². The Morgan fingerprint density at radius 2 is 1.92 bits per heavy atom. The largest absolute Gasteiger partial charge is 0.506 e. The lowest BCUT2D eigenvalue weighted by molar-refractivity contribution is -0.120. The van der Waals surface area contributed by atoms with Crippen LogP contribution in [0.25, 0.3) is 0 Å². The number of ketones is 1. The molecule has 0 saturated heterocycles. The van der Waals surface area contributed by atoms with E-state index in [0.717, 1.165) is 49.1 Å². The van der Waals surface area contributed by atoms with Crippen LogP contribution in [-0.2, 0) is 16.0 Å². The highest BCUT2D eigenvalue weighted by molar-refractivity contribution is 6.32. The molecule has 0 aromatic heterocycles. The van der Waals surface area contributed by atoms with E-state index in [1.807, 2.05) is 26.1 Å².